The fourth-order valence-corrected chi connectivity index (χ4v) is 4.64. The van der Waals surface area contributed by atoms with Crippen molar-refractivity contribution in [3.63, 3.8) is 0 Å². The van der Waals surface area contributed by atoms with Crippen molar-refractivity contribution in [3.8, 4) is 11.5 Å². The first-order valence-electron chi connectivity index (χ1n) is 13.4. The number of esters is 1. The molecule has 2 saturated heterocycles. The van der Waals surface area contributed by atoms with Gasteiger partial charge in [-0.3, -0.25) is 14.6 Å². The predicted octanol–water partition coefficient (Wildman–Crippen LogP) is 4.63. The minimum atomic E-state index is -0.336. The quantitative estimate of drug-likeness (QED) is 0.433. The van der Waals surface area contributed by atoms with E-state index in [0.717, 1.165) is 65.0 Å². The van der Waals surface area contributed by atoms with Crippen LogP contribution in [0.15, 0.2) is 48.5 Å². The molecule has 2 aliphatic rings. The van der Waals surface area contributed by atoms with Crippen LogP contribution in [0.5, 0.6) is 11.5 Å². The van der Waals surface area contributed by atoms with Crippen LogP contribution in [-0.4, -0.2) is 87.1 Å². The highest BCUT2D eigenvalue weighted by Crippen LogP contribution is 2.20. The van der Waals surface area contributed by atoms with E-state index in [1.807, 2.05) is 0 Å². The van der Waals surface area contributed by atoms with Crippen molar-refractivity contribution in [1.29, 1.82) is 0 Å². The third kappa shape index (κ3) is 11.1. The van der Waals surface area contributed by atoms with Crippen molar-refractivity contribution in [3.05, 3.63) is 60.2 Å². The van der Waals surface area contributed by atoms with E-state index in [0.29, 0.717) is 31.5 Å². The third-order valence-corrected chi connectivity index (χ3v) is 7.09. The van der Waals surface area contributed by atoms with E-state index in [4.69, 9.17) is 19.3 Å². The molecule has 0 spiro atoms. The molecule has 0 atom stereocenters. The average molecular weight is 551 g/mol. The van der Waals surface area contributed by atoms with E-state index in [9.17, 15) is 13.6 Å². The van der Waals surface area contributed by atoms with Crippen LogP contribution in [0.25, 0.3) is 0 Å². The third-order valence-electron chi connectivity index (χ3n) is 7.09. The second-order valence-corrected chi connectivity index (χ2v) is 9.66. The Labute approximate surface area is 231 Å². The number of nitrogens with zero attached hydrogens (tertiary/aromatic N) is 2. The number of likely N-dealkylation sites (tertiary alicyclic amines) is 2. The standard InChI is InChI=1S/C15H20FNO3.C14H20FNO2.CH4/c1-19-15(18)12-6-8-17(9-7-12)10-11-20-14-5-3-2-4-13(14)16;15-13-3-1-2-4-14(13)18-10-9-16-7-5-12(11-17)6-8-16;/h2-5,12H,6-11H2,1H3;1-4,12,17H,5-11H2;1H4. The summed E-state index contributed by atoms with van der Waals surface area (Å²) in [5.74, 6) is 0.317. The van der Waals surface area contributed by atoms with Crippen LogP contribution in [-0.2, 0) is 9.53 Å². The van der Waals surface area contributed by atoms with Gasteiger partial charge in [-0.2, -0.15) is 0 Å². The number of hydrogen-bond donors (Lipinski definition) is 1. The van der Waals surface area contributed by atoms with Crippen LogP contribution in [0.1, 0.15) is 33.1 Å². The maximum atomic E-state index is 13.3. The van der Waals surface area contributed by atoms with Gasteiger partial charge in [0.1, 0.15) is 13.2 Å². The molecule has 0 aromatic heterocycles. The number of aliphatic hydroxyl groups is 1. The monoisotopic (exact) mass is 550 g/mol. The summed E-state index contributed by atoms with van der Waals surface area (Å²) in [6.45, 7) is 6.47. The van der Waals surface area contributed by atoms with Crippen molar-refractivity contribution in [2.45, 2.75) is 33.1 Å². The smallest absolute Gasteiger partial charge is 0.308 e. The molecule has 2 heterocycles. The molecule has 39 heavy (non-hydrogen) atoms. The van der Waals surface area contributed by atoms with Crippen molar-refractivity contribution in [2.75, 3.05) is 66.2 Å². The van der Waals surface area contributed by atoms with Gasteiger partial charge in [-0.25, -0.2) is 8.78 Å². The van der Waals surface area contributed by atoms with Crippen molar-refractivity contribution in [2.24, 2.45) is 11.8 Å². The molecule has 0 amide bonds. The highest BCUT2D eigenvalue weighted by molar-refractivity contribution is 5.72. The summed E-state index contributed by atoms with van der Waals surface area (Å²) in [5, 5.41) is 9.05. The number of rotatable bonds is 10. The number of aliphatic hydroxyl groups excluding tert-OH is 1. The maximum Gasteiger partial charge on any atom is 0.308 e. The van der Waals surface area contributed by atoms with Crippen LogP contribution in [0.2, 0.25) is 0 Å². The molecule has 2 aliphatic heterocycles. The fourth-order valence-electron chi connectivity index (χ4n) is 4.64. The molecule has 0 bridgehead atoms. The van der Waals surface area contributed by atoms with Crippen molar-refractivity contribution >= 4 is 5.97 Å². The SMILES string of the molecule is C.COC(=O)C1CCN(CCOc2ccccc2F)CC1.OCC1CCN(CCOc2ccccc2F)CC1. The lowest BCUT2D eigenvalue weighted by Gasteiger charge is -2.30. The number of carbonyl (C=O) groups is 1. The largest absolute Gasteiger partial charge is 0.489 e. The van der Waals surface area contributed by atoms with Gasteiger partial charge in [0.05, 0.1) is 13.0 Å². The van der Waals surface area contributed by atoms with Crippen LogP contribution in [0, 0.1) is 23.5 Å². The summed E-state index contributed by atoms with van der Waals surface area (Å²) in [6, 6.07) is 12.9. The molecular weight excluding hydrogens is 506 g/mol. The lowest BCUT2D eigenvalue weighted by atomic mass is 9.97. The molecule has 2 aromatic rings. The molecule has 2 aromatic carbocycles. The summed E-state index contributed by atoms with van der Waals surface area (Å²) < 4.78 is 42.2. The first kappa shape index (κ1) is 32.5. The lowest BCUT2D eigenvalue weighted by molar-refractivity contribution is -0.147. The van der Waals surface area contributed by atoms with Crippen molar-refractivity contribution in [1.82, 2.24) is 9.80 Å². The van der Waals surface area contributed by atoms with E-state index in [2.05, 4.69) is 9.80 Å². The first-order valence-corrected chi connectivity index (χ1v) is 13.4. The molecule has 1 N–H and O–H groups in total. The molecule has 0 aliphatic carbocycles. The van der Waals surface area contributed by atoms with Gasteiger partial charge in [0.2, 0.25) is 0 Å². The summed E-state index contributed by atoms with van der Waals surface area (Å²) in [6.07, 6.45) is 3.70. The van der Waals surface area contributed by atoms with Crippen LogP contribution >= 0.6 is 0 Å². The summed E-state index contributed by atoms with van der Waals surface area (Å²) in [7, 11) is 1.43. The van der Waals surface area contributed by atoms with E-state index < -0.39 is 0 Å². The minimum absolute atomic E-state index is 0. The van der Waals surface area contributed by atoms with E-state index in [-0.39, 0.29) is 36.7 Å². The second kappa shape index (κ2) is 17.8. The first-order chi connectivity index (χ1) is 18.5. The zero-order valence-corrected chi connectivity index (χ0v) is 22.2. The Hall–Kier alpha value is -2.75. The van der Waals surface area contributed by atoms with Gasteiger partial charge in [-0.05, 0) is 82.0 Å². The highest BCUT2D eigenvalue weighted by atomic mass is 19.1. The molecular formula is C30H44F2N2O5. The van der Waals surface area contributed by atoms with Gasteiger partial charge >= 0.3 is 5.97 Å². The fraction of sp³-hybridized carbons (Fsp3) is 0.567. The minimum Gasteiger partial charge on any atom is -0.489 e. The summed E-state index contributed by atoms with van der Waals surface area (Å²) in [4.78, 5) is 15.9. The molecule has 0 saturated carbocycles. The van der Waals surface area contributed by atoms with Gasteiger partial charge in [-0.1, -0.05) is 31.7 Å². The Morgan fingerprint density at radius 2 is 1.26 bits per heavy atom. The number of ether oxygens (including phenoxy) is 3. The molecule has 7 nitrogen and oxygen atoms in total. The Morgan fingerprint density at radius 1 is 0.821 bits per heavy atom. The van der Waals surface area contributed by atoms with Gasteiger partial charge in [0, 0.05) is 19.7 Å². The molecule has 2 fully saturated rings. The number of hydrogen-bond acceptors (Lipinski definition) is 7. The van der Waals surface area contributed by atoms with Crippen molar-refractivity contribution < 1.29 is 32.9 Å². The molecule has 0 unspecified atom stereocenters. The Morgan fingerprint density at radius 3 is 1.67 bits per heavy atom. The Bertz CT molecular complexity index is 964. The second-order valence-electron chi connectivity index (χ2n) is 9.66. The summed E-state index contributed by atoms with van der Waals surface area (Å²) >= 11 is 0. The summed E-state index contributed by atoms with van der Waals surface area (Å²) in [5.41, 5.74) is 0. The Kier molecular flexibility index (Phi) is 14.8. The Balaban J connectivity index is 0.000000268. The van der Waals surface area contributed by atoms with Crippen LogP contribution in [0.3, 0.4) is 0 Å². The molecule has 218 valence electrons. The number of benzene rings is 2. The van der Waals surface area contributed by atoms with Gasteiger partial charge < -0.3 is 19.3 Å². The van der Waals surface area contributed by atoms with E-state index in [1.165, 1.54) is 19.2 Å². The molecule has 0 radical (unpaired) electrons. The van der Waals surface area contributed by atoms with Crippen LogP contribution < -0.4 is 9.47 Å². The highest BCUT2D eigenvalue weighted by Gasteiger charge is 2.25. The lowest BCUT2D eigenvalue weighted by Crippen LogP contribution is -2.38. The predicted molar refractivity (Wildman–Crippen MR) is 148 cm³/mol. The maximum absolute atomic E-state index is 13.3. The van der Waals surface area contributed by atoms with E-state index >= 15 is 0 Å². The number of piperidine rings is 2. The number of halogens is 2. The zero-order chi connectivity index (χ0) is 27.2. The average Bonchev–Trinajstić information content (AvgIpc) is 2.96. The van der Waals surface area contributed by atoms with Gasteiger partial charge in [-0.15, -0.1) is 0 Å². The van der Waals surface area contributed by atoms with Gasteiger partial charge in [0.25, 0.3) is 0 Å². The van der Waals surface area contributed by atoms with E-state index in [1.54, 1.807) is 36.4 Å². The topological polar surface area (TPSA) is 71.5 Å². The van der Waals surface area contributed by atoms with Gasteiger partial charge in [0.15, 0.2) is 23.1 Å². The zero-order valence-electron chi connectivity index (χ0n) is 22.2. The normalized spacial score (nSPS) is 16.9. The number of methoxy groups -OCH3 is 1. The number of para-hydroxylation sites is 2. The van der Waals surface area contributed by atoms with Crippen LogP contribution in [0.4, 0.5) is 8.78 Å². The molecule has 4 rings (SSSR count). The number of carbonyl (C=O) groups excluding carboxylic acids is 1. The molecule has 9 heteroatoms.